The van der Waals surface area contributed by atoms with Gasteiger partial charge in [0, 0.05) is 11.4 Å². The van der Waals surface area contributed by atoms with Crippen LogP contribution in [0, 0.1) is 0 Å². The second-order valence-corrected chi connectivity index (χ2v) is 6.02. The second-order valence-electron chi connectivity index (χ2n) is 6.02. The van der Waals surface area contributed by atoms with Gasteiger partial charge in [0.25, 0.3) is 0 Å². The van der Waals surface area contributed by atoms with E-state index in [9.17, 15) is 0 Å². The summed E-state index contributed by atoms with van der Waals surface area (Å²) in [6, 6.07) is 6.32. The van der Waals surface area contributed by atoms with Crippen molar-refractivity contribution in [2.24, 2.45) is 0 Å². The van der Waals surface area contributed by atoms with E-state index in [4.69, 9.17) is 10.8 Å². The summed E-state index contributed by atoms with van der Waals surface area (Å²) in [5.74, 6) is 0.445. The van der Waals surface area contributed by atoms with Crippen molar-refractivity contribution in [3.8, 4) is 0 Å². The van der Waals surface area contributed by atoms with Gasteiger partial charge in [-0.25, -0.2) is 9.97 Å². The number of nitrogens with zero attached hydrogens (tertiary/aromatic N) is 3. The first kappa shape index (κ1) is 16.6. The van der Waals surface area contributed by atoms with Crippen molar-refractivity contribution in [3.05, 3.63) is 30.1 Å². The Morgan fingerprint density at radius 3 is 2.50 bits per heavy atom. The summed E-state index contributed by atoms with van der Waals surface area (Å²) < 4.78 is 0. The minimum Gasteiger partial charge on any atom is -0.392 e. The Hall–Kier alpha value is -1.72. The number of nitrogen functional groups attached to an aromatic ring is 1. The SMILES string of the molecule is CN(C)C1CCCCC1.Nc1ncnc2ccc(CO)cc12. The van der Waals surface area contributed by atoms with Crippen molar-refractivity contribution in [3.63, 3.8) is 0 Å². The molecule has 0 bridgehead atoms. The van der Waals surface area contributed by atoms with Gasteiger partial charge in [-0.15, -0.1) is 0 Å². The number of hydrogen-bond donors (Lipinski definition) is 2. The minimum atomic E-state index is 0.00424. The van der Waals surface area contributed by atoms with Gasteiger partial charge in [0.05, 0.1) is 12.1 Å². The largest absolute Gasteiger partial charge is 0.392 e. The standard InChI is InChI=1S/C9H9N3O.C8H17N/c10-9-7-3-6(4-13)1-2-8(7)11-5-12-9;1-9(2)8-6-4-3-5-7-8/h1-3,5,13H,4H2,(H2,10,11,12);8H,3-7H2,1-2H3. The predicted octanol–water partition coefficient (Wildman–Crippen LogP) is 2.59. The smallest absolute Gasteiger partial charge is 0.134 e. The van der Waals surface area contributed by atoms with E-state index in [1.165, 1.54) is 38.4 Å². The summed E-state index contributed by atoms with van der Waals surface area (Å²) in [5.41, 5.74) is 7.26. The first-order valence-corrected chi connectivity index (χ1v) is 7.88. The molecule has 0 radical (unpaired) electrons. The van der Waals surface area contributed by atoms with Gasteiger partial charge in [0.2, 0.25) is 0 Å². The average molecular weight is 302 g/mol. The van der Waals surface area contributed by atoms with E-state index in [0.717, 1.165) is 22.5 Å². The van der Waals surface area contributed by atoms with E-state index in [-0.39, 0.29) is 6.61 Å². The third-order valence-electron chi connectivity index (χ3n) is 4.22. The number of benzene rings is 1. The highest BCUT2D eigenvalue weighted by molar-refractivity contribution is 5.88. The normalized spacial score (nSPS) is 15.6. The highest BCUT2D eigenvalue weighted by Gasteiger charge is 2.13. The molecule has 1 heterocycles. The fourth-order valence-electron chi connectivity index (χ4n) is 2.82. The van der Waals surface area contributed by atoms with E-state index in [0.29, 0.717) is 5.82 Å². The maximum Gasteiger partial charge on any atom is 0.134 e. The van der Waals surface area contributed by atoms with Gasteiger partial charge in [-0.05, 0) is 44.6 Å². The Balaban J connectivity index is 0.000000172. The van der Waals surface area contributed by atoms with Crippen molar-refractivity contribution >= 4 is 16.7 Å². The topological polar surface area (TPSA) is 75.3 Å². The Bertz CT molecular complexity index is 594. The van der Waals surface area contributed by atoms with Gasteiger partial charge in [0.15, 0.2) is 0 Å². The van der Waals surface area contributed by atoms with Crippen LogP contribution in [0.1, 0.15) is 37.7 Å². The lowest BCUT2D eigenvalue weighted by molar-refractivity contribution is 0.229. The van der Waals surface area contributed by atoms with Crippen LogP contribution in [0.5, 0.6) is 0 Å². The molecule has 0 saturated heterocycles. The molecular formula is C17H26N4O. The molecule has 5 heteroatoms. The molecule has 1 aromatic carbocycles. The van der Waals surface area contributed by atoms with Crippen LogP contribution in [0.4, 0.5) is 5.82 Å². The second kappa shape index (κ2) is 8.06. The van der Waals surface area contributed by atoms with E-state index >= 15 is 0 Å². The molecule has 0 aliphatic heterocycles. The highest BCUT2D eigenvalue weighted by atomic mass is 16.3. The van der Waals surface area contributed by atoms with Crippen LogP contribution in [0.2, 0.25) is 0 Å². The van der Waals surface area contributed by atoms with Gasteiger partial charge < -0.3 is 15.7 Å². The third kappa shape index (κ3) is 4.39. The number of aliphatic hydroxyl groups excluding tert-OH is 1. The number of nitrogens with two attached hydrogens (primary N) is 1. The van der Waals surface area contributed by atoms with E-state index in [2.05, 4.69) is 29.0 Å². The Kier molecular flexibility index (Phi) is 6.10. The van der Waals surface area contributed by atoms with Crippen LogP contribution in [0.15, 0.2) is 24.5 Å². The van der Waals surface area contributed by atoms with E-state index < -0.39 is 0 Å². The zero-order valence-corrected chi connectivity index (χ0v) is 13.5. The lowest BCUT2D eigenvalue weighted by Crippen LogP contribution is -2.29. The van der Waals surface area contributed by atoms with Crippen LogP contribution in [0.25, 0.3) is 10.9 Å². The molecule has 22 heavy (non-hydrogen) atoms. The Morgan fingerprint density at radius 2 is 1.91 bits per heavy atom. The Labute approximate surface area is 132 Å². The van der Waals surface area contributed by atoms with E-state index in [1.54, 1.807) is 6.07 Å². The molecular weight excluding hydrogens is 276 g/mol. The van der Waals surface area contributed by atoms with Gasteiger partial charge in [-0.1, -0.05) is 25.3 Å². The average Bonchev–Trinajstić information content (AvgIpc) is 2.56. The minimum absolute atomic E-state index is 0.00424. The quantitative estimate of drug-likeness (QED) is 0.892. The molecule has 0 spiro atoms. The maximum atomic E-state index is 8.91. The molecule has 2 aromatic rings. The van der Waals surface area contributed by atoms with Gasteiger partial charge in [-0.3, -0.25) is 0 Å². The molecule has 5 nitrogen and oxygen atoms in total. The number of aliphatic hydroxyl groups is 1. The molecule has 3 rings (SSSR count). The molecule has 1 aliphatic rings. The number of aromatic nitrogens is 2. The molecule has 1 aromatic heterocycles. The Morgan fingerprint density at radius 1 is 1.18 bits per heavy atom. The van der Waals surface area contributed by atoms with Crippen molar-refractivity contribution < 1.29 is 5.11 Å². The first-order valence-electron chi connectivity index (χ1n) is 7.88. The van der Waals surface area contributed by atoms with Gasteiger partial charge in [0.1, 0.15) is 12.1 Å². The number of fused-ring (bicyclic) bond motifs is 1. The summed E-state index contributed by atoms with van der Waals surface area (Å²) in [6.45, 7) is 0.00424. The molecule has 3 N–H and O–H groups in total. The van der Waals surface area contributed by atoms with Crippen molar-refractivity contribution in [2.45, 2.75) is 44.8 Å². The summed E-state index contributed by atoms with van der Waals surface area (Å²) >= 11 is 0. The van der Waals surface area contributed by atoms with Crippen LogP contribution >= 0.6 is 0 Å². The summed E-state index contributed by atoms with van der Waals surface area (Å²) in [7, 11) is 4.38. The fourth-order valence-corrected chi connectivity index (χ4v) is 2.82. The van der Waals surface area contributed by atoms with Gasteiger partial charge >= 0.3 is 0 Å². The third-order valence-corrected chi connectivity index (χ3v) is 4.22. The fraction of sp³-hybridized carbons (Fsp3) is 0.529. The lowest BCUT2D eigenvalue weighted by atomic mass is 9.95. The molecule has 120 valence electrons. The maximum absolute atomic E-state index is 8.91. The lowest BCUT2D eigenvalue weighted by Gasteiger charge is -2.27. The molecule has 1 fully saturated rings. The van der Waals surface area contributed by atoms with Crippen LogP contribution < -0.4 is 5.73 Å². The first-order chi connectivity index (χ1) is 10.6. The molecule has 0 unspecified atom stereocenters. The predicted molar refractivity (Wildman–Crippen MR) is 90.4 cm³/mol. The summed E-state index contributed by atoms with van der Waals surface area (Å²) in [6.07, 6.45) is 8.63. The zero-order chi connectivity index (χ0) is 15.9. The van der Waals surface area contributed by atoms with Crippen molar-refractivity contribution in [1.29, 1.82) is 0 Å². The molecule has 1 saturated carbocycles. The monoisotopic (exact) mass is 302 g/mol. The number of rotatable bonds is 2. The molecule has 1 aliphatic carbocycles. The number of anilines is 1. The summed E-state index contributed by atoms with van der Waals surface area (Å²) in [5, 5.41) is 9.69. The molecule has 0 amide bonds. The zero-order valence-electron chi connectivity index (χ0n) is 13.5. The van der Waals surface area contributed by atoms with E-state index in [1.807, 2.05) is 12.1 Å². The van der Waals surface area contributed by atoms with Crippen molar-refractivity contribution in [2.75, 3.05) is 19.8 Å². The van der Waals surface area contributed by atoms with Gasteiger partial charge in [-0.2, -0.15) is 0 Å². The highest BCUT2D eigenvalue weighted by Crippen LogP contribution is 2.20. The van der Waals surface area contributed by atoms with Crippen LogP contribution in [0.3, 0.4) is 0 Å². The van der Waals surface area contributed by atoms with Crippen molar-refractivity contribution in [1.82, 2.24) is 14.9 Å². The van der Waals surface area contributed by atoms with Crippen LogP contribution in [-0.2, 0) is 6.61 Å². The summed E-state index contributed by atoms with van der Waals surface area (Å²) in [4.78, 5) is 10.3. The van der Waals surface area contributed by atoms with Crippen LogP contribution in [-0.4, -0.2) is 40.1 Å². The molecule has 0 atom stereocenters. The number of hydrogen-bond acceptors (Lipinski definition) is 5.